The Kier molecular flexibility index (Phi) is 7.87. The molecule has 1 unspecified atom stereocenters. The largest absolute Gasteiger partial charge is 0.481 e. The van der Waals surface area contributed by atoms with Crippen LogP contribution in [0, 0.1) is 0 Å². The number of carboxylic acid groups (broad SMARTS) is 1. The van der Waals surface area contributed by atoms with Gasteiger partial charge >= 0.3 is 12.1 Å². The number of nitrogens with zero attached hydrogens (tertiary/aromatic N) is 1. The smallest absolute Gasteiger partial charge is 0.407 e. The quantitative estimate of drug-likeness (QED) is 0.375. The van der Waals surface area contributed by atoms with Gasteiger partial charge in [-0.05, 0) is 50.7 Å². The fraction of sp³-hybridized carbons (Fsp3) is 0.269. The van der Waals surface area contributed by atoms with E-state index in [9.17, 15) is 14.4 Å². The molecule has 0 fully saturated rings. The van der Waals surface area contributed by atoms with Gasteiger partial charge in [0, 0.05) is 34.1 Å². The molecule has 0 spiro atoms. The molecule has 0 bridgehead atoms. The third kappa shape index (κ3) is 5.91. The third-order valence-corrected chi connectivity index (χ3v) is 7.65. The number of hydrogen-bond acceptors (Lipinski definition) is 5. The van der Waals surface area contributed by atoms with Crippen LogP contribution in [0.3, 0.4) is 0 Å². The molecule has 2 amide bonds. The number of nitrogens with one attached hydrogen (secondary N) is 1. The number of carbonyl (C=O) groups excluding carboxylic acids is 2. The summed E-state index contributed by atoms with van der Waals surface area (Å²) in [5.41, 5.74) is 4.41. The van der Waals surface area contributed by atoms with Crippen LogP contribution < -0.4 is 5.32 Å². The molecule has 1 aromatic heterocycles. The minimum Gasteiger partial charge on any atom is -0.481 e. The van der Waals surface area contributed by atoms with Gasteiger partial charge in [-0.1, -0.05) is 48.5 Å². The second kappa shape index (κ2) is 11.0. The number of ether oxygens (including phenoxy) is 1. The summed E-state index contributed by atoms with van der Waals surface area (Å²) in [7, 11) is 1.63. The van der Waals surface area contributed by atoms with Gasteiger partial charge in [-0.25, -0.2) is 4.79 Å². The number of rotatable bonds is 9. The maximum absolute atomic E-state index is 13.0. The van der Waals surface area contributed by atoms with Gasteiger partial charge in [-0.2, -0.15) is 0 Å². The zero-order valence-corrected chi connectivity index (χ0v) is 21.5. The van der Waals surface area contributed by atoms with Crippen LogP contribution >= 0.6 is 27.3 Å². The van der Waals surface area contributed by atoms with Crippen molar-refractivity contribution in [2.45, 2.75) is 31.3 Å². The maximum atomic E-state index is 13.0. The van der Waals surface area contributed by atoms with Gasteiger partial charge in [0.05, 0.1) is 6.54 Å². The normalized spacial score (nSPS) is 13.0. The number of thiophene rings is 1. The van der Waals surface area contributed by atoms with E-state index in [0.29, 0.717) is 6.54 Å². The molecule has 1 atom stereocenters. The number of fused-ring (bicyclic) bond motifs is 3. The van der Waals surface area contributed by atoms with Crippen LogP contribution in [0.25, 0.3) is 11.1 Å². The van der Waals surface area contributed by atoms with E-state index in [4.69, 9.17) is 9.84 Å². The molecule has 0 radical (unpaired) electrons. The second-order valence-electron chi connectivity index (χ2n) is 8.38. The lowest BCUT2D eigenvalue weighted by Gasteiger charge is -2.24. The van der Waals surface area contributed by atoms with Crippen molar-refractivity contribution >= 4 is 45.2 Å². The Morgan fingerprint density at radius 2 is 1.74 bits per heavy atom. The number of amides is 2. The van der Waals surface area contributed by atoms with Crippen molar-refractivity contribution in [3.8, 4) is 11.1 Å². The molecule has 182 valence electrons. The molecule has 9 heteroatoms. The van der Waals surface area contributed by atoms with E-state index in [-0.39, 0.29) is 31.3 Å². The van der Waals surface area contributed by atoms with Gasteiger partial charge in [0.25, 0.3) is 0 Å². The molecule has 2 N–H and O–H groups in total. The Morgan fingerprint density at radius 1 is 1.11 bits per heavy atom. The molecular weight excluding hydrogens is 532 g/mol. The summed E-state index contributed by atoms with van der Waals surface area (Å²) in [6.07, 6.45) is -1.03. The van der Waals surface area contributed by atoms with Crippen molar-refractivity contribution in [1.29, 1.82) is 0 Å². The monoisotopic (exact) mass is 556 g/mol. The van der Waals surface area contributed by atoms with Gasteiger partial charge in [-0.15, -0.1) is 11.3 Å². The minimum atomic E-state index is -1.04. The van der Waals surface area contributed by atoms with Crippen LogP contribution in [-0.4, -0.2) is 47.7 Å². The first kappa shape index (κ1) is 24.9. The average molecular weight is 557 g/mol. The van der Waals surface area contributed by atoms with Crippen LogP contribution in [0.4, 0.5) is 4.79 Å². The van der Waals surface area contributed by atoms with Crippen LogP contribution in [0.2, 0.25) is 0 Å². The Morgan fingerprint density at radius 3 is 2.31 bits per heavy atom. The summed E-state index contributed by atoms with van der Waals surface area (Å²) < 4.78 is 6.48. The zero-order valence-electron chi connectivity index (χ0n) is 19.1. The number of carbonyl (C=O) groups is 3. The molecule has 0 saturated heterocycles. The van der Waals surface area contributed by atoms with E-state index in [0.717, 1.165) is 31.6 Å². The second-order valence-corrected chi connectivity index (χ2v) is 10.3. The molecule has 35 heavy (non-hydrogen) atoms. The van der Waals surface area contributed by atoms with E-state index in [2.05, 4.69) is 33.4 Å². The predicted molar refractivity (Wildman–Crippen MR) is 137 cm³/mol. The molecule has 1 aliphatic rings. The number of benzene rings is 2. The summed E-state index contributed by atoms with van der Waals surface area (Å²) in [5, 5.41) is 13.6. The van der Waals surface area contributed by atoms with E-state index < -0.39 is 18.1 Å². The molecule has 2 aromatic carbocycles. The maximum Gasteiger partial charge on any atom is 0.407 e. The van der Waals surface area contributed by atoms with E-state index in [1.807, 2.05) is 47.8 Å². The van der Waals surface area contributed by atoms with Crippen LogP contribution in [0.1, 0.15) is 34.8 Å². The number of likely N-dealkylation sites (N-methyl/N-ethyl adjacent to an activating group) is 1. The molecule has 3 aromatic rings. The van der Waals surface area contributed by atoms with Gasteiger partial charge in [0.1, 0.15) is 12.6 Å². The number of carboxylic acids is 1. The highest BCUT2D eigenvalue weighted by Crippen LogP contribution is 2.44. The van der Waals surface area contributed by atoms with E-state index >= 15 is 0 Å². The van der Waals surface area contributed by atoms with Crippen molar-refractivity contribution in [1.82, 2.24) is 10.2 Å². The van der Waals surface area contributed by atoms with Crippen molar-refractivity contribution in [2.24, 2.45) is 0 Å². The molecule has 0 aliphatic heterocycles. The topological polar surface area (TPSA) is 95.9 Å². The van der Waals surface area contributed by atoms with Gasteiger partial charge in [-0.3, -0.25) is 9.59 Å². The Bertz CT molecular complexity index is 1200. The van der Waals surface area contributed by atoms with E-state index in [1.165, 1.54) is 16.2 Å². The highest BCUT2D eigenvalue weighted by molar-refractivity contribution is 9.10. The van der Waals surface area contributed by atoms with Gasteiger partial charge in [0.15, 0.2) is 0 Å². The first-order valence-electron chi connectivity index (χ1n) is 11.1. The summed E-state index contributed by atoms with van der Waals surface area (Å²) in [6, 6.07) is 16.9. The number of hydrogen-bond donors (Lipinski definition) is 2. The SMILES string of the molecule is CN(Cc1cc(Br)cs1)C(=O)C(CCC(=O)O)NC(=O)OCC1c2ccccc2-c2ccccc21. The average Bonchev–Trinajstić information content (AvgIpc) is 3.40. The van der Waals surface area contributed by atoms with Gasteiger partial charge in [0.2, 0.25) is 5.91 Å². The summed E-state index contributed by atoms with van der Waals surface area (Å²) in [6.45, 7) is 0.462. The molecule has 1 aliphatic carbocycles. The molecule has 1 heterocycles. The molecular formula is C26H25BrN2O5S. The van der Waals surface area contributed by atoms with E-state index in [1.54, 1.807) is 7.05 Å². The predicted octanol–water partition coefficient (Wildman–Crippen LogP) is 5.24. The molecule has 4 rings (SSSR count). The lowest BCUT2D eigenvalue weighted by atomic mass is 9.98. The standard InChI is InChI=1S/C26H25BrN2O5S/c1-29(13-17-12-16(27)15-35-17)25(32)23(10-11-24(30)31)28-26(33)34-14-22-20-8-4-2-6-18(20)19-7-3-5-9-21(19)22/h2-9,12,15,22-23H,10-11,13-14H2,1H3,(H,28,33)(H,30,31). The first-order valence-corrected chi connectivity index (χ1v) is 12.8. The highest BCUT2D eigenvalue weighted by Gasteiger charge is 2.30. The molecule has 0 saturated carbocycles. The van der Waals surface area contributed by atoms with Gasteiger partial charge < -0.3 is 20.1 Å². The van der Waals surface area contributed by atoms with Crippen molar-refractivity contribution in [2.75, 3.05) is 13.7 Å². The zero-order chi connectivity index (χ0) is 24.9. The van der Waals surface area contributed by atoms with Crippen LogP contribution in [-0.2, 0) is 20.9 Å². The fourth-order valence-corrected chi connectivity index (χ4v) is 5.83. The Labute approximate surface area is 215 Å². The fourth-order valence-electron chi connectivity index (χ4n) is 4.32. The van der Waals surface area contributed by atoms with Crippen molar-refractivity contribution in [3.05, 3.63) is 80.5 Å². The highest BCUT2D eigenvalue weighted by atomic mass is 79.9. The Balaban J connectivity index is 1.41. The van der Waals surface area contributed by atoms with Crippen LogP contribution in [0.5, 0.6) is 0 Å². The Hall–Kier alpha value is -3.17. The lowest BCUT2D eigenvalue weighted by molar-refractivity contribution is -0.137. The summed E-state index contributed by atoms with van der Waals surface area (Å²) in [4.78, 5) is 39.3. The van der Waals surface area contributed by atoms with Crippen LogP contribution in [0.15, 0.2) is 64.5 Å². The number of halogens is 1. The summed E-state index contributed by atoms with van der Waals surface area (Å²) >= 11 is 4.90. The third-order valence-electron chi connectivity index (χ3n) is 5.97. The molecule has 7 nitrogen and oxygen atoms in total. The number of alkyl carbamates (subject to hydrolysis) is 1. The minimum absolute atomic E-state index is 0.0309. The van der Waals surface area contributed by atoms with Crippen molar-refractivity contribution in [3.63, 3.8) is 0 Å². The van der Waals surface area contributed by atoms with Crippen molar-refractivity contribution < 1.29 is 24.2 Å². The number of aliphatic carboxylic acids is 1. The first-order chi connectivity index (χ1) is 16.8. The summed E-state index contributed by atoms with van der Waals surface area (Å²) in [5.74, 6) is -1.52. The lowest BCUT2D eigenvalue weighted by Crippen LogP contribution is -2.47.